The molecule has 2 N–H and O–H groups in total. The molecule has 1 atom stereocenters. The van der Waals surface area contributed by atoms with Gasteiger partial charge in [-0.1, -0.05) is 43.7 Å². The molecule has 2 nitrogen and oxygen atoms in total. The van der Waals surface area contributed by atoms with Crippen LogP contribution in [0.5, 0.6) is 0 Å². The highest BCUT2D eigenvalue weighted by atomic mass is 16.1. The Bertz CT molecular complexity index is 327. The second-order valence-corrected chi connectivity index (χ2v) is 4.47. The number of Topliss-reactive ketones (excluding diaryl/α,β-unsaturated/α-hetero) is 1. The van der Waals surface area contributed by atoms with Gasteiger partial charge in [-0.3, -0.25) is 4.79 Å². The summed E-state index contributed by atoms with van der Waals surface area (Å²) in [7, 11) is 0. The number of benzene rings is 1. The van der Waals surface area contributed by atoms with E-state index in [1.54, 1.807) is 0 Å². The van der Waals surface area contributed by atoms with Crippen molar-refractivity contribution in [3.63, 3.8) is 0 Å². The van der Waals surface area contributed by atoms with Gasteiger partial charge < -0.3 is 5.73 Å². The zero-order valence-corrected chi connectivity index (χ0v) is 9.66. The van der Waals surface area contributed by atoms with Crippen molar-refractivity contribution in [1.82, 2.24) is 0 Å². The van der Waals surface area contributed by atoms with Crippen molar-refractivity contribution in [3.8, 4) is 0 Å². The lowest BCUT2D eigenvalue weighted by Crippen LogP contribution is -2.31. The summed E-state index contributed by atoms with van der Waals surface area (Å²) >= 11 is 0. The smallest absolute Gasteiger partial charge is 0.179 e. The van der Waals surface area contributed by atoms with Crippen LogP contribution < -0.4 is 5.73 Å². The average Bonchev–Trinajstić information content (AvgIpc) is 2.17. The molecule has 1 rings (SSSR count). The van der Waals surface area contributed by atoms with Gasteiger partial charge in [-0.2, -0.15) is 0 Å². The van der Waals surface area contributed by atoms with Gasteiger partial charge in [0.1, 0.15) is 0 Å². The van der Waals surface area contributed by atoms with Gasteiger partial charge in [0.15, 0.2) is 5.78 Å². The molecular weight excluding hydrogens is 186 g/mol. The predicted molar refractivity (Wildman–Crippen MR) is 62.9 cm³/mol. The molecule has 0 fully saturated rings. The van der Waals surface area contributed by atoms with Crippen molar-refractivity contribution in [1.29, 1.82) is 0 Å². The molecule has 0 saturated heterocycles. The minimum atomic E-state index is -0.368. The zero-order chi connectivity index (χ0) is 11.4. The van der Waals surface area contributed by atoms with Crippen molar-refractivity contribution in [2.24, 2.45) is 11.7 Å². The molecule has 15 heavy (non-hydrogen) atoms. The van der Waals surface area contributed by atoms with Gasteiger partial charge in [0.05, 0.1) is 6.04 Å². The highest BCUT2D eigenvalue weighted by Gasteiger charge is 2.16. The zero-order valence-electron chi connectivity index (χ0n) is 9.66. The van der Waals surface area contributed by atoms with Gasteiger partial charge in [-0.25, -0.2) is 0 Å². The summed E-state index contributed by atoms with van der Waals surface area (Å²) in [5.74, 6) is 0.498. The molecule has 0 aromatic heterocycles. The van der Waals surface area contributed by atoms with Crippen LogP contribution in [-0.2, 0) is 0 Å². The molecule has 1 unspecified atom stereocenters. The summed E-state index contributed by atoms with van der Waals surface area (Å²) in [5, 5.41) is 0. The van der Waals surface area contributed by atoms with Crippen LogP contribution in [0.3, 0.4) is 0 Å². The first kappa shape index (κ1) is 11.9. The molecule has 0 amide bonds. The Morgan fingerprint density at radius 1 is 1.27 bits per heavy atom. The van der Waals surface area contributed by atoms with E-state index in [9.17, 15) is 4.79 Å². The molecule has 0 saturated carbocycles. The molecule has 1 aromatic rings. The molecular formula is C13H19NO. The van der Waals surface area contributed by atoms with E-state index >= 15 is 0 Å². The Labute approximate surface area is 91.5 Å². The SMILES string of the molecule is Cc1ccc(C(=O)C(N)CC(C)C)cc1. The van der Waals surface area contributed by atoms with Crippen LogP contribution in [0.15, 0.2) is 24.3 Å². The second kappa shape index (κ2) is 5.08. The molecule has 0 spiro atoms. The Hall–Kier alpha value is -1.15. The molecule has 0 heterocycles. The topological polar surface area (TPSA) is 43.1 Å². The molecule has 0 aliphatic rings. The van der Waals surface area contributed by atoms with Crippen LogP contribution in [0.2, 0.25) is 0 Å². The largest absolute Gasteiger partial charge is 0.321 e. The van der Waals surface area contributed by atoms with Gasteiger partial charge in [0.25, 0.3) is 0 Å². The summed E-state index contributed by atoms with van der Waals surface area (Å²) < 4.78 is 0. The fourth-order valence-electron chi connectivity index (χ4n) is 1.55. The Morgan fingerprint density at radius 3 is 2.27 bits per heavy atom. The number of carbonyl (C=O) groups excluding carboxylic acids is 1. The van der Waals surface area contributed by atoms with Crippen LogP contribution in [-0.4, -0.2) is 11.8 Å². The van der Waals surface area contributed by atoms with E-state index in [-0.39, 0.29) is 11.8 Å². The van der Waals surface area contributed by atoms with Crippen LogP contribution in [0.1, 0.15) is 36.2 Å². The van der Waals surface area contributed by atoms with Gasteiger partial charge in [-0.15, -0.1) is 0 Å². The highest BCUT2D eigenvalue weighted by molar-refractivity contribution is 5.99. The van der Waals surface area contributed by atoms with E-state index in [1.807, 2.05) is 31.2 Å². The summed E-state index contributed by atoms with van der Waals surface area (Å²) in [6.07, 6.45) is 0.743. The molecule has 2 heteroatoms. The van der Waals surface area contributed by atoms with Crippen LogP contribution in [0.4, 0.5) is 0 Å². The van der Waals surface area contributed by atoms with Gasteiger partial charge >= 0.3 is 0 Å². The predicted octanol–water partition coefficient (Wildman–Crippen LogP) is 2.55. The van der Waals surface area contributed by atoms with Crippen molar-refractivity contribution in [3.05, 3.63) is 35.4 Å². The van der Waals surface area contributed by atoms with Crippen LogP contribution in [0, 0.1) is 12.8 Å². The highest BCUT2D eigenvalue weighted by Crippen LogP contribution is 2.10. The average molecular weight is 205 g/mol. The Morgan fingerprint density at radius 2 is 1.80 bits per heavy atom. The Kier molecular flexibility index (Phi) is 4.04. The fourth-order valence-corrected chi connectivity index (χ4v) is 1.55. The van der Waals surface area contributed by atoms with Crippen molar-refractivity contribution in [2.45, 2.75) is 33.2 Å². The van der Waals surface area contributed by atoms with E-state index in [2.05, 4.69) is 13.8 Å². The van der Waals surface area contributed by atoms with Crippen molar-refractivity contribution >= 4 is 5.78 Å². The third-order valence-corrected chi connectivity index (χ3v) is 2.40. The lowest BCUT2D eigenvalue weighted by molar-refractivity contribution is 0.0951. The minimum Gasteiger partial charge on any atom is -0.321 e. The number of aryl methyl sites for hydroxylation is 1. The van der Waals surface area contributed by atoms with E-state index < -0.39 is 0 Å². The summed E-state index contributed by atoms with van der Waals surface area (Å²) in [5.41, 5.74) is 7.71. The maximum absolute atomic E-state index is 11.9. The summed E-state index contributed by atoms with van der Waals surface area (Å²) in [6.45, 7) is 6.15. The number of nitrogens with two attached hydrogens (primary N) is 1. The van der Waals surface area contributed by atoms with Gasteiger partial charge in [-0.05, 0) is 19.3 Å². The number of rotatable bonds is 4. The lowest BCUT2D eigenvalue weighted by atomic mass is 9.96. The van der Waals surface area contributed by atoms with Crippen LogP contribution >= 0.6 is 0 Å². The third-order valence-electron chi connectivity index (χ3n) is 2.40. The monoisotopic (exact) mass is 205 g/mol. The molecule has 0 bridgehead atoms. The number of carbonyl (C=O) groups is 1. The first-order valence-corrected chi connectivity index (χ1v) is 5.37. The normalized spacial score (nSPS) is 12.9. The van der Waals surface area contributed by atoms with Crippen molar-refractivity contribution < 1.29 is 4.79 Å². The molecule has 82 valence electrons. The molecule has 0 aliphatic carbocycles. The molecule has 0 aliphatic heterocycles. The standard InChI is InChI=1S/C13H19NO/c1-9(2)8-12(14)13(15)11-6-4-10(3)5-7-11/h4-7,9,12H,8,14H2,1-3H3. The quantitative estimate of drug-likeness (QED) is 0.768. The first-order chi connectivity index (χ1) is 7.00. The summed E-state index contributed by atoms with van der Waals surface area (Å²) in [4.78, 5) is 11.9. The maximum atomic E-state index is 11.9. The summed E-state index contributed by atoms with van der Waals surface area (Å²) in [6, 6.07) is 7.20. The molecule has 0 radical (unpaired) electrons. The minimum absolute atomic E-state index is 0.0451. The molecule has 1 aromatic carbocycles. The van der Waals surface area contributed by atoms with E-state index in [0.717, 1.165) is 12.0 Å². The number of hydrogen-bond donors (Lipinski definition) is 1. The van der Waals surface area contributed by atoms with Gasteiger partial charge in [0, 0.05) is 5.56 Å². The lowest BCUT2D eigenvalue weighted by Gasteiger charge is -2.12. The second-order valence-electron chi connectivity index (χ2n) is 4.47. The van der Waals surface area contributed by atoms with E-state index in [4.69, 9.17) is 5.73 Å². The van der Waals surface area contributed by atoms with Crippen molar-refractivity contribution in [2.75, 3.05) is 0 Å². The fraction of sp³-hybridized carbons (Fsp3) is 0.462. The van der Waals surface area contributed by atoms with E-state index in [0.29, 0.717) is 11.5 Å². The number of ketones is 1. The van der Waals surface area contributed by atoms with E-state index in [1.165, 1.54) is 0 Å². The first-order valence-electron chi connectivity index (χ1n) is 5.37. The van der Waals surface area contributed by atoms with Gasteiger partial charge in [0.2, 0.25) is 0 Å². The Balaban J connectivity index is 2.72. The third kappa shape index (κ3) is 3.48. The number of hydrogen-bond acceptors (Lipinski definition) is 2. The maximum Gasteiger partial charge on any atom is 0.179 e. The van der Waals surface area contributed by atoms with Crippen LogP contribution in [0.25, 0.3) is 0 Å².